The van der Waals surface area contributed by atoms with Crippen molar-refractivity contribution >= 4 is 24.6 Å². The SMILES string of the molecule is COP(=O)(OC)c1nc(Cc2ccc([N+](=O)[O-])cc2)oc1NCCc1ccccc1. The van der Waals surface area contributed by atoms with Crippen LogP contribution in [0.4, 0.5) is 11.6 Å². The molecule has 10 heteroatoms. The molecule has 1 heterocycles. The number of nitro benzene ring substituents is 1. The number of benzene rings is 2. The third kappa shape index (κ3) is 5.13. The summed E-state index contributed by atoms with van der Waals surface area (Å²) in [6.45, 7) is 0.524. The zero-order valence-corrected chi connectivity index (χ0v) is 17.5. The third-order valence-electron chi connectivity index (χ3n) is 4.44. The lowest BCUT2D eigenvalue weighted by Crippen LogP contribution is -2.16. The van der Waals surface area contributed by atoms with Crippen molar-refractivity contribution in [2.75, 3.05) is 26.1 Å². The van der Waals surface area contributed by atoms with Gasteiger partial charge in [-0.05, 0) is 17.5 Å². The highest BCUT2D eigenvalue weighted by molar-refractivity contribution is 7.62. The number of anilines is 1. The Balaban J connectivity index is 1.80. The number of nitro groups is 1. The Hall–Kier alpha value is -3.00. The first-order valence-corrected chi connectivity index (χ1v) is 10.7. The molecule has 0 aliphatic rings. The van der Waals surface area contributed by atoms with Crippen molar-refractivity contribution in [3.63, 3.8) is 0 Å². The second-order valence-electron chi connectivity index (χ2n) is 6.39. The molecule has 0 aliphatic heterocycles. The van der Waals surface area contributed by atoms with E-state index >= 15 is 0 Å². The van der Waals surface area contributed by atoms with Crippen LogP contribution in [0.3, 0.4) is 0 Å². The van der Waals surface area contributed by atoms with Crippen LogP contribution in [0.2, 0.25) is 0 Å². The summed E-state index contributed by atoms with van der Waals surface area (Å²) in [5.41, 5.74) is 1.96. The van der Waals surface area contributed by atoms with Gasteiger partial charge in [0.05, 0.1) is 4.92 Å². The van der Waals surface area contributed by atoms with E-state index in [2.05, 4.69) is 10.3 Å². The molecule has 3 aromatic rings. The van der Waals surface area contributed by atoms with Gasteiger partial charge in [-0.15, -0.1) is 0 Å². The van der Waals surface area contributed by atoms with E-state index in [0.717, 1.165) is 17.5 Å². The zero-order chi connectivity index (χ0) is 21.6. The lowest BCUT2D eigenvalue weighted by atomic mass is 10.1. The molecule has 0 saturated heterocycles. The van der Waals surface area contributed by atoms with Crippen LogP contribution in [0.1, 0.15) is 17.0 Å². The van der Waals surface area contributed by atoms with Crippen LogP contribution in [-0.4, -0.2) is 30.7 Å². The van der Waals surface area contributed by atoms with E-state index in [1.54, 1.807) is 12.1 Å². The van der Waals surface area contributed by atoms with E-state index < -0.39 is 12.5 Å². The topological polar surface area (TPSA) is 117 Å². The highest BCUT2D eigenvalue weighted by atomic mass is 31.2. The summed E-state index contributed by atoms with van der Waals surface area (Å²) in [5, 5.41) is 13.9. The van der Waals surface area contributed by atoms with Crippen LogP contribution in [0, 0.1) is 10.1 Å². The molecule has 0 amide bonds. The molecule has 9 nitrogen and oxygen atoms in total. The maximum atomic E-state index is 12.9. The van der Waals surface area contributed by atoms with Crippen LogP contribution in [-0.2, 0) is 26.5 Å². The monoisotopic (exact) mass is 431 g/mol. The summed E-state index contributed by atoms with van der Waals surface area (Å²) in [7, 11) is -1.08. The lowest BCUT2D eigenvalue weighted by Gasteiger charge is -2.12. The van der Waals surface area contributed by atoms with Gasteiger partial charge in [0.25, 0.3) is 5.69 Å². The molecule has 1 aromatic heterocycles. The van der Waals surface area contributed by atoms with Gasteiger partial charge >= 0.3 is 7.60 Å². The van der Waals surface area contributed by atoms with Crippen LogP contribution >= 0.6 is 7.60 Å². The number of hydrogen-bond acceptors (Lipinski definition) is 8. The standard InChI is InChI=1S/C20H22N3O6P/c1-27-30(26,28-2)20-19(21-13-12-15-6-4-3-5-7-15)29-18(22-20)14-16-8-10-17(11-9-16)23(24)25/h3-11,21H,12-14H2,1-2H3. The van der Waals surface area contributed by atoms with Crippen molar-refractivity contribution in [2.45, 2.75) is 12.8 Å². The summed E-state index contributed by atoms with van der Waals surface area (Å²) >= 11 is 0. The molecule has 0 spiro atoms. The Morgan fingerprint density at radius 3 is 2.33 bits per heavy atom. The quantitative estimate of drug-likeness (QED) is 0.291. The molecule has 2 aromatic carbocycles. The Morgan fingerprint density at radius 2 is 1.73 bits per heavy atom. The second kappa shape index (κ2) is 9.67. The molecule has 0 unspecified atom stereocenters. The van der Waals surface area contributed by atoms with Gasteiger partial charge in [-0.3, -0.25) is 14.7 Å². The molecule has 0 bridgehead atoms. The van der Waals surface area contributed by atoms with Gasteiger partial charge in [0.15, 0.2) is 0 Å². The molecule has 0 fully saturated rings. The number of rotatable bonds is 10. The van der Waals surface area contributed by atoms with E-state index in [0.29, 0.717) is 6.54 Å². The molecule has 1 N–H and O–H groups in total. The minimum Gasteiger partial charge on any atom is -0.424 e. The Labute approximate surface area is 173 Å². The predicted octanol–water partition coefficient (Wildman–Crippen LogP) is 3.94. The van der Waals surface area contributed by atoms with Gasteiger partial charge in [0, 0.05) is 39.3 Å². The molecular weight excluding hydrogens is 409 g/mol. The van der Waals surface area contributed by atoms with E-state index in [-0.39, 0.29) is 29.3 Å². The first-order valence-electron chi connectivity index (χ1n) is 9.18. The highest BCUT2D eigenvalue weighted by Gasteiger charge is 2.34. The number of nitrogens with zero attached hydrogens (tertiary/aromatic N) is 2. The summed E-state index contributed by atoms with van der Waals surface area (Å²) in [5.74, 6) is 0.505. The Bertz CT molecular complexity index is 1030. The van der Waals surface area contributed by atoms with E-state index in [1.807, 2.05) is 30.3 Å². The molecule has 0 atom stereocenters. The number of hydrogen-bond donors (Lipinski definition) is 1. The molecular formula is C20H22N3O6P. The molecule has 3 rings (SSSR count). The van der Waals surface area contributed by atoms with Crippen molar-refractivity contribution in [3.8, 4) is 0 Å². The van der Waals surface area contributed by atoms with Gasteiger partial charge in [0.1, 0.15) is 0 Å². The second-order valence-corrected chi connectivity index (χ2v) is 8.53. The van der Waals surface area contributed by atoms with Gasteiger partial charge < -0.3 is 18.8 Å². The third-order valence-corrected chi connectivity index (χ3v) is 6.22. The maximum Gasteiger partial charge on any atom is 0.384 e. The minimum atomic E-state index is -3.64. The summed E-state index contributed by atoms with van der Waals surface area (Å²) in [6, 6.07) is 16.0. The van der Waals surface area contributed by atoms with Gasteiger partial charge in [-0.25, -0.2) is 4.98 Å². The van der Waals surface area contributed by atoms with Crippen molar-refractivity contribution < 1.29 is 23.0 Å². The number of aromatic nitrogens is 1. The first-order chi connectivity index (χ1) is 14.4. The minimum absolute atomic E-state index is 0.00150. The summed E-state index contributed by atoms with van der Waals surface area (Å²) in [6.07, 6.45) is 0.988. The first kappa shape index (κ1) is 21.7. The number of oxazole rings is 1. The van der Waals surface area contributed by atoms with E-state index in [4.69, 9.17) is 13.5 Å². The fourth-order valence-electron chi connectivity index (χ4n) is 2.85. The molecule has 0 radical (unpaired) electrons. The van der Waals surface area contributed by atoms with Gasteiger partial charge in [0.2, 0.25) is 17.2 Å². The molecule has 0 saturated carbocycles. The molecule has 158 valence electrons. The van der Waals surface area contributed by atoms with Gasteiger partial charge in [-0.1, -0.05) is 42.5 Å². The highest BCUT2D eigenvalue weighted by Crippen LogP contribution is 2.47. The van der Waals surface area contributed by atoms with E-state index in [9.17, 15) is 14.7 Å². The average molecular weight is 431 g/mol. The van der Waals surface area contributed by atoms with Gasteiger partial charge in [-0.2, -0.15) is 0 Å². The fourth-order valence-corrected chi connectivity index (χ4v) is 3.96. The number of nitrogens with one attached hydrogen (secondary N) is 1. The summed E-state index contributed by atoms with van der Waals surface area (Å²) < 4.78 is 28.9. The average Bonchev–Trinajstić information content (AvgIpc) is 3.17. The largest absolute Gasteiger partial charge is 0.424 e. The lowest BCUT2D eigenvalue weighted by molar-refractivity contribution is -0.384. The van der Waals surface area contributed by atoms with Crippen LogP contribution in [0.25, 0.3) is 0 Å². The Kier molecular flexibility index (Phi) is 6.99. The van der Waals surface area contributed by atoms with E-state index in [1.165, 1.54) is 26.4 Å². The van der Waals surface area contributed by atoms with Crippen molar-refractivity contribution in [1.82, 2.24) is 4.98 Å². The number of non-ortho nitro benzene ring substituents is 1. The smallest absolute Gasteiger partial charge is 0.384 e. The normalized spacial score (nSPS) is 11.4. The molecule has 0 aliphatic carbocycles. The van der Waals surface area contributed by atoms with Crippen molar-refractivity contribution in [3.05, 3.63) is 81.7 Å². The predicted molar refractivity (Wildman–Crippen MR) is 112 cm³/mol. The van der Waals surface area contributed by atoms with Crippen molar-refractivity contribution in [2.24, 2.45) is 0 Å². The van der Waals surface area contributed by atoms with Crippen LogP contribution in [0.5, 0.6) is 0 Å². The van der Waals surface area contributed by atoms with Crippen LogP contribution in [0.15, 0.2) is 59.0 Å². The Morgan fingerprint density at radius 1 is 1.07 bits per heavy atom. The van der Waals surface area contributed by atoms with Crippen LogP contribution < -0.4 is 10.8 Å². The fraction of sp³-hybridized carbons (Fsp3) is 0.250. The zero-order valence-electron chi connectivity index (χ0n) is 16.6. The molecule has 30 heavy (non-hydrogen) atoms. The summed E-state index contributed by atoms with van der Waals surface area (Å²) in [4.78, 5) is 14.7. The maximum absolute atomic E-state index is 12.9. The van der Waals surface area contributed by atoms with Crippen molar-refractivity contribution in [1.29, 1.82) is 0 Å².